The van der Waals surface area contributed by atoms with Crippen molar-refractivity contribution in [2.45, 2.75) is 4.90 Å². The van der Waals surface area contributed by atoms with Gasteiger partial charge in [-0.2, -0.15) is 0 Å². The van der Waals surface area contributed by atoms with Crippen molar-refractivity contribution >= 4 is 35.2 Å². The third-order valence-electron chi connectivity index (χ3n) is 0.931. The molecule has 1 rings (SSSR count). The number of rotatable bonds is 0. The van der Waals surface area contributed by atoms with Gasteiger partial charge in [0.1, 0.15) is 5.82 Å². The number of halogens is 2. The number of benzene rings is 1. The van der Waals surface area contributed by atoms with Crippen molar-refractivity contribution in [1.82, 2.24) is 0 Å². The maximum absolute atomic E-state index is 12.5. The van der Waals surface area contributed by atoms with Gasteiger partial charge in [-0.3, -0.25) is 0 Å². The monoisotopic (exact) mass is 254 g/mol. The maximum Gasteiger partial charge on any atom is 0.137 e. The Morgan fingerprint density at radius 3 is 2.56 bits per heavy atom. The molecule has 0 aliphatic carbocycles. The normalized spacial score (nSPS) is 9.67. The predicted octanol–water partition coefficient (Wildman–Crippen LogP) is 2.72. The van der Waals surface area contributed by atoms with Crippen LogP contribution in [0, 0.1) is 9.39 Å². The fraction of sp³-hybridized carbons (Fsp3) is 0. The lowest BCUT2D eigenvalue weighted by atomic mass is 10.3. The molecule has 0 heterocycles. The molecule has 3 heteroatoms. The van der Waals surface area contributed by atoms with E-state index < -0.39 is 0 Å². The standard InChI is InChI=1S/C6H4FIS/c7-4-2-1-3-5(9)6(4)8/h1-3,9H. The van der Waals surface area contributed by atoms with E-state index in [9.17, 15) is 4.39 Å². The molecule has 0 nitrogen and oxygen atoms in total. The van der Waals surface area contributed by atoms with Crippen LogP contribution in [0.3, 0.4) is 0 Å². The number of hydrogen-bond donors (Lipinski definition) is 1. The number of thiol groups is 1. The summed E-state index contributed by atoms with van der Waals surface area (Å²) in [6.45, 7) is 0. The van der Waals surface area contributed by atoms with Crippen molar-refractivity contribution in [3.05, 3.63) is 27.6 Å². The molecule has 0 aliphatic rings. The molecule has 1 aromatic carbocycles. The van der Waals surface area contributed by atoms with E-state index in [0.717, 1.165) is 0 Å². The van der Waals surface area contributed by atoms with Crippen molar-refractivity contribution in [1.29, 1.82) is 0 Å². The van der Waals surface area contributed by atoms with E-state index in [4.69, 9.17) is 0 Å². The molecule has 0 aliphatic heterocycles. The average Bonchev–Trinajstić information content (AvgIpc) is 1.83. The molecule has 0 fully saturated rings. The maximum atomic E-state index is 12.5. The lowest BCUT2D eigenvalue weighted by Crippen LogP contribution is -1.80. The molecule has 0 radical (unpaired) electrons. The van der Waals surface area contributed by atoms with Crippen LogP contribution in [-0.4, -0.2) is 0 Å². The van der Waals surface area contributed by atoms with Gasteiger partial charge in [0.2, 0.25) is 0 Å². The van der Waals surface area contributed by atoms with E-state index in [1.807, 2.05) is 22.6 Å². The Labute approximate surface area is 72.0 Å². The SMILES string of the molecule is Fc1cccc(S)c1I. The van der Waals surface area contributed by atoms with E-state index in [1.54, 1.807) is 12.1 Å². The zero-order valence-corrected chi connectivity index (χ0v) is 7.49. The molecular weight excluding hydrogens is 250 g/mol. The van der Waals surface area contributed by atoms with Gasteiger partial charge in [-0.1, -0.05) is 6.07 Å². The fourth-order valence-electron chi connectivity index (χ4n) is 0.492. The first-order valence-electron chi connectivity index (χ1n) is 2.35. The highest BCUT2D eigenvalue weighted by Gasteiger charge is 1.98. The third-order valence-corrected chi connectivity index (χ3v) is 2.83. The second-order valence-electron chi connectivity index (χ2n) is 1.57. The van der Waals surface area contributed by atoms with Gasteiger partial charge >= 0.3 is 0 Å². The molecule has 0 atom stereocenters. The van der Waals surface area contributed by atoms with Gasteiger partial charge < -0.3 is 0 Å². The van der Waals surface area contributed by atoms with E-state index in [1.165, 1.54) is 6.07 Å². The largest absolute Gasteiger partial charge is 0.206 e. The first-order valence-corrected chi connectivity index (χ1v) is 3.87. The molecule has 1 aromatic rings. The van der Waals surface area contributed by atoms with Gasteiger partial charge in [-0.15, -0.1) is 12.6 Å². The van der Waals surface area contributed by atoms with Crippen LogP contribution in [0.5, 0.6) is 0 Å². The van der Waals surface area contributed by atoms with Crippen molar-refractivity contribution in [2.75, 3.05) is 0 Å². The summed E-state index contributed by atoms with van der Waals surface area (Å²) in [5.41, 5.74) is 0. The van der Waals surface area contributed by atoms with E-state index >= 15 is 0 Å². The van der Waals surface area contributed by atoms with Crippen molar-refractivity contribution in [3.8, 4) is 0 Å². The Bertz CT molecular complexity index is 204. The molecule has 0 unspecified atom stereocenters. The summed E-state index contributed by atoms with van der Waals surface area (Å²) in [4.78, 5) is 0.690. The van der Waals surface area contributed by atoms with Crippen LogP contribution in [0.4, 0.5) is 4.39 Å². The minimum absolute atomic E-state index is 0.205. The minimum Gasteiger partial charge on any atom is -0.206 e. The Kier molecular flexibility index (Phi) is 2.35. The van der Waals surface area contributed by atoms with E-state index in [0.29, 0.717) is 8.47 Å². The molecule has 0 N–H and O–H groups in total. The summed E-state index contributed by atoms with van der Waals surface area (Å²) in [5.74, 6) is -0.205. The lowest BCUT2D eigenvalue weighted by molar-refractivity contribution is 0.616. The van der Waals surface area contributed by atoms with Crippen molar-refractivity contribution in [3.63, 3.8) is 0 Å². The smallest absolute Gasteiger partial charge is 0.137 e. The summed E-state index contributed by atoms with van der Waals surface area (Å²) in [7, 11) is 0. The predicted molar refractivity (Wildman–Crippen MR) is 46.4 cm³/mol. The summed E-state index contributed by atoms with van der Waals surface area (Å²) in [5, 5.41) is 0. The van der Waals surface area contributed by atoms with Crippen LogP contribution in [0.15, 0.2) is 23.1 Å². The van der Waals surface area contributed by atoms with Gasteiger partial charge in [0.05, 0.1) is 3.57 Å². The molecule has 0 spiro atoms. The molecule has 0 bridgehead atoms. The van der Waals surface area contributed by atoms with Crippen LogP contribution >= 0.6 is 35.2 Å². The van der Waals surface area contributed by atoms with Crippen molar-refractivity contribution < 1.29 is 4.39 Å². The first-order chi connectivity index (χ1) is 4.22. The first kappa shape index (κ1) is 7.34. The van der Waals surface area contributed by atoms with Crippen LogP contribution < -0.4 is 0 Å². The minimum atomic E-state index is -0.205. The highest BCUT2D eigenvalue weighted by atomic mass is 127. The Morgan fingerprint density at radius 2 is 2.11 bits per heavy atom. The highest BCUT2D eigenvalue weighted by molar-refractivity contribution is 14.1. The molecular formula is C6H4FIS. The van der Waals surface area contributed by atoms with E-state index in [-0.39, 0.29) is 5.82 Å². The lowest BCUT2D eigenvalue weighted by Gasteiger charge is -1.94. The molecule has 0 saturated carbocycles. The molecule has 0 aromatic heterocycles. The molecule has 48 valence electrons. The van der Waals surface area contributed by atoms with Gasteiger partial charge in [0, 0.05) is 4.90 Å². The zero-order chi connectivity index (χ0) is 6.85. The van der Waals surface area contributed by atoms with Crippen LogP contribution in [0.25, 0.3) is 0 Å². The fourth-order valence-corrected chi connectivity index (χ4v) is 1.04. The topological polar surface area (TPSA) is 0 Å². The van der Waals surface area contributed by atoms with Gasteiger partial charge in [-0.05, 0) is 34.7 Å². The quantitative estimate of drug-likeness (QED) is 0.534. The van der Waals surface area contributed by atoms with E-state index in [2.05, 4.69) is 12.6 Å². The second-order valence-corrected chi connectivity index (χ2v) is 3.13. The van der Waals surface area contributed by atoms with Crippen LogP contribution in [0.1, 0.15) is 0 Å². The number of hydrogen-bond acceptors (Lipinski definition) is 1. The zero-order valence-electron chi connectivity index (χ0n) is 4.44. The van der Waals surface area contributed by atoms with Crippen molar-refractivity contribution in [2.24, 2.45) is 0 Å². The Balaban J connectivity index is 3.25. The summed E-state index contributed by atoms with van der Waals surface area (Å²) < 4.78 is 13.1. The summed E-state index contributed by atoms with van der Waals surface area (Å²) in [6, 6.07) is 4.81. The van der Waals surface area contributed by atoms with Gasteiger partial charge in [-0.25, -0.2) is 4.39 Å². The van der Waals surface area contributed by atoms with Crippen LogP contribution in [-0.2, 0) is 0 Å². The molecule has 9 heavy (non-hydrogen) atoms. The Hall–Kier alpha value is 0.230. The summed E-state index contributed by atoms with van der Waals surface area (Å²) >= 11 is 5.94. The van der Waals surface area contributed by atoms with Crippen LogP contribution in [0.2, 0.25) is 0 Å². The van der Waals surface area contributed by atoms with Gasteiger partial charge in [0.15, 0.2) is 0 Å². The molecule has 0 saturated heterocycles. The third kappa shape index (κ3) is 1.58. The van der Waals surface area contributed by atoms with Gasteiger partial charge in [0.25, 0.3) is 0 Å². The summed E-state index contributed by atoms with van der Waals surface area (Å²) in [6.07, 6.45) is 0. The highest BCUT2D eigenvalue weighted by Crippen LogP contribution is 2.18. The Morgan fingerprint density at radius 1 is 1.44 bits per heavy atom. The second kappa shape index (κ2) is 2.88. The average molecular weight is 254 g/mol. The molecule has 0 amide bonds.